The maximum absolute atomic E-state index is 11.6. The first-order valence-electron chi connectivity index (χ1n) is 7.98. The molecular formula is C16H30O2S2. The lowest BCUT2D eigenvalue weighted by atomic mass is 10.1. The second-order valence-electron chi connectivity index (χ2n) is 5.09. The van der Waals surface area contributed by atoms with Crippen LogP contribution in [0.2, 0.25) is 0 Å². The lowest BCUT2D eigenvalue weighted by molar-refractivity contribution is -0.119. The van der Waals surface area contributed by atoms with Crippen LogP contribution in [0.4, 0.5) is 0 Å². The van der Waals surface area contributed by atoms with Crippen molar-refractivity contribution in [1.29, 1.82) is 0 Å². The molecule has 0 heterocycles. The van der Waals surface area contributed by atoms with E-state index in [-0.39, 0.29) is 0 Å². The summed E-state index contributed by atoms with van der Waals surface area (Å²) in [5.74, 6) is 2.50. The van der Waals surface area contributed by atoms with Gasteiger partial charge in [-0.2, -0.15) is 0 Å². The Balaban J connectivity index is 3.22. The highest BCUT2D eigenvalue weighted by atomic mass is 33.1. The molecule has 118 valence electrons. The summed E-state index contributed by atoms with van der Waals surface area (Å²) in [5, 5.41) is 0. The average Bonchev–Trinajstić information content (AvgIpc) is 2.46. The summed E-state index contributed by atoms with van der Waals surface area (Å²) in [4.78, 5) is 22.7. The lowest BCUT2D eigenvalue weighted by Gasteiger charge is -2.02. The minimum atomic E-state index is 0.331. The van der Waals surface area contributed by atoms with Crippen molar-refractivity contribution in [3.05, 3.63) is 0 Å². The van der Waals surface area contributed by atoms with Gasteiger partial charge in [-0.3, -0.25) is 9.59 Å². The van der Waals surface area contributed by atoms with Crippen molar-refractivity contribution in [3.8, 4) is 0 Å². The van der Waals surface area contributed by atoms with Crippen LogP contribution in [0.3, 0.4) is 0 Å². The summed E-state index contributed by atoms with van der Waals surface area (Å²) in [6.45, 7) is 4.12. The zero-order valence-corrected chi connectivity index (χ0v) is 14.8. The van der Waals surface area contributed by atoms with E-state index in [1.165, 1.54) is 32.1 Å². The van der Waals surface area contributed by atoms with E-state index >= 15 is 0 Å². The van der Waals surface area contributed by atoms with Crippen LogP contribution in [-0.2, 0) is 9.59 Å². The molecule has 0 aliphatic heterocycles. The van der Waals surface area contributed by atoms with Gasteiger partial charge in [0.05, 0.1) is 0 Å². The predicted octanol–water partition coefficient (Wildman–Crippen LogP) is 5.45. The van der Waals surface area contributed by atoms with Crippen molar-refractivity contribution in [1.82, 2.24) is 0 Å². The van der Waals surface area contributed by atoms with Crippen LogP contribution < -0.4 is 0 Å². The molecule has 0 amide bonds. The maximum atomic E-state index is 11.6. The number of rotatable bonds is 15. The molecule has 0 saturated carbocycles. The SMILES string of the molecule is CCCCCCCCC(=O)CCSSCCC(=O)CC. The fraction of sp³-hybridized carbons (Fsp3) is 0.875. The Morgan fingerprint density at radius 3 is 1.85 bits per heavy atom. The molecule has 0 aromatic heterocycles. The van der Waals surface area contributed by atoms with Gasteiger partial charge in [0.2, 0.25) is 0 Å². The Kier molecular flexibility index (Phi) is 15.5. The van der Waals surface area contributed by atoms with Crippen molar-refractivity contribution in [2.75, 3.05) is 11.5 Å². The lowest BCUT2D eigenvalue weighted by Crippen LogP contribution is -1.99. The molecular weight excluding hydrogens is 288 g/mol. The second kappa shape index (κ2) is 15.4. The average molecular weight is 319 g/mol. The third-order valence-corrected chi connectivity index (χ3v) is 5.62. The minimum Gasteiger partial charge on any atom is -0.300 e. The number of carbonyl (C=O) groups is 2. The molecule has 0 atom stereocenters. The summed E-state index contributed by atoms with van der Waals surface area (Å²) < 4.78 is 0. The Hall–Kier alpha value is 0.0400. The quantitative estimate of drug-likeness (QED) is 0.297. The first-order chi connectivity index (χ1) is 9.70. The van der Waals surface area contributed by atoms with Gasteiger partial charge >= 0.3 is 0 Å². The minimum absolute atomic E-state index is 0.331. The van der Waals surface area contributed by atoms with Crippen LogP contribution in [0.5, 0.6) is 0 Å². The molecule has 2 nitrogen and oxygen atoms in total. The normalized spacial score (nSPS) is 10.7. The first kappa shape index (κ1) is 20.0. The molecule has 0 aromatic rings. The smallest absolute Gasteiger partial charge is 0.133 e. The van der Waals surface area contributed by atoms with Gasteiger partial charge in [0.1, 0.15) is 11.6 Å². The Bertz CT molecular complexity index is 255. The van der Waals surface area contributed by atoms with Crippen LogP contribution in [-0.4, -0.2) is 23.1 Å². The fourth-order valence-electron chi connectivity index (χ4n) is 1.83. The molecule has 0 unspecified atom stereocenters. The van der Waals surface area contributed by atoms with Crippen molar-refractivity contribution in [2.24, 2.45) is 0 Å². The molecule has 4 heteroatoms. The Labute approximate surface area is 132 Å². The van der Waals surface area contributed by atoms with Gasteiger partial charge in [-0.15, -0.1) is 0 Å². The Morgan fingerprint density at radius 1 is 0.700 bits per heavy atom. The molecule has 0 aromatic carbocycles. The number of hydrogen-bond acceptors (Lipinski definition) is 4. The van der Waals surface area contributed by atoms with Crippen LogP contribution >= 0.6 is 21.6 Å². The van der Waals surface area contributed by atoms with E-state index in [2.05, 4.69) is 6.92 Å². The fourth-order valence-corrected chi connectivity index (χ4v) is 3.90. The van der Waals surface area contributed by atoms with Crippen LogP contribution in [0, 0.1) is 0 Å². The van der Waals surface area contributed by atoms with Gasteiger partial charge in [0.15, 0.2) is 0 Å². The van der Waals surface area contributed by atoms with Crippen LogP contribution in [0.15, 0.2) is 0 Å². The molecule has 0 N–H and O–H groups in total. The van der Waals surface area contributed by atoms with E-state index in [1.54, 1.807) is 21.6 Å². The van der Waals surface area contributed by atoms with E-state index in [1.807, 2.05) is 6.92 Å². The molecule has 0 aliphatic carbocycles. The second-order valence-corrected chi connectivity index (χ2v) is 7.79. The zero-order chi connectivity index (χ0) is 15.1. The molecule has 0 fully saturated rings. The van der Waals surface area contributed by atoms with Gasteiger partial charge in [-0.05, 0) is 6.42 Å². The number of carbonyl (C=O) groups excluding carboxylic acids is 2. The Morgan fingerprint density at radius 2 is 1.25 bits per heavy atom. The van der Waals surface area contributed by atoms with Gasteiger partial charge < -0.3 is 0 Å². The van der Waals surface area contributed by atoms with Crippen molar-refractivity contribution < 1.29 is 9.59 Å². The highest BCUT2D eigenvalue weighted by molar-refractivity contribution is 8.76. The third-order valence-electron chi connectivity index (χ3n) is 3.22. The summed E-state index contributed by atoms with van der Waals surface area (Å²) in [7, 11) is 3.45. The van der Waals surface area contributed by atoms with E-state index in [4.69, 9.17) is 0 Å². The summed E-state index contributed by atoms with van der Waals surface area (Å²) >= 11 is 0. The molecule has 20 heavy (non-hydrogen) atoms. The van der Waals surface area contributed by atoms with Gasteiger partial charge in [-0.1, -0.05) is 67.5 Å². The van der Waals surface area contributed by atoms with Crippen LogP contribution in [0.1, 0.15) is 78.1 Å². The van der Waals surface area contributed by atoms with Gasteiger partial charge in [0, 0.05) is 37.2 Å². The monoisotopic (exact) mass is 318 g/mol. The largest absolute Gasteiger partial charge is 0.300 e. The van der Waals surface area contributed by atoms with Gasteiger partial charge in [0.25, 0.3) is 0 Å². The number of Topliss-reactive ketones (excluding diaryl/α,β-unsaturated/α-hetero) is 2. The van der Waals surface area contributed by atoms with Crippen molar-refractivity contribution >= 4 is 33.2 Å². The summed E-state index contributed by atoms with van der Waals surface area (Å²) in [6.07, 6.45) is 10.2. The van der Waals surface area contributed by atoms with E-state index in [9.17, 15) is 9.59 Å². The third kappa shape index (κ3) is 14.4. The molecule has 0 saturated heterocycles. The summed E-state index contributed by atoms with van der Waals surface area (Å²) in [5.41, 5.74) is 0. The molecule has 0 aliphatic rings. The van der Waals surface area contributed by atoms with E-state index in [0.717, 1.165) is 24.3 Å². The van der Waals surface area contributed by atoms with Crippen molar-refractivity contribution in [3.63, 3.8) is 0 Å². The number of ketones is 2. The van der Waals surface area contributed by atoms with E-state index < -0.39 is 0 Å². The number of unbranched alkanes of at least 4 members (excludes halogenated alkanes) is 5. The summed E-state index contributed by atoms with van der Waals surface area (Å²) in [6, 6.07) is 0. The van der Waals surface area contributed by atoms with Gasteiger partial charge in [-0.25, -0.2) is 0 Å². The van der Waals surface area contributed by atoms with Crippen molar-refractivity contribution in [2.45, 2.75) is 78.1 Å². The highest BCUT2D eigenvalue weighted by Gasteiger charge is 2.03. The first-order valence-corrected chi connectivity index (χ1v) is 10.5. The highest BCUT2D eigenvalue weighted by Crippen LogP contribution is 2.23. The standard InChI is InChI=1S/C16H30O2S2/c1-3-5-6-7-8-9-10-16(18)12-14-20-19-13-11-15(17)4-2/h3-14H2,1-2H3. The zero-order valence-electron chi connectivity index (χ0n) is 13.1. The maximum Gasteiger partial charge on any atom is 0.133 e. The molecule has 0 rings (SSSR count). The molecule has 0 radical (unpaired) electrons. The topological polar surface area (TPSA) is 34.1 Å². The molecule has 0 spiro atoms. The van der Waals surface area contributed by atoms with Crippen LogP contribution in [0.25, 0.3) is 0 Å². The molecule has 0 bridgehead atoms. The van der Waals surface area contributed by atoms with E-state index in [0.29, 0.717) is 30.8 Å². The predicted molar refractivity (Wildman–Crippen MR) is 92.4 cm³/mol. The number of hydrogen-bond donors (Lipinski definition) is 0.